The van der Waals surface area contributed by atoms with Crippen molar-refractivity contribution in [2.45, 2.75) is 18.8 Å². The molecule has 7 nitrogen and oxygen atoms in total. The summed E-state index contributed by atoms with van der Waals surface area (Å²) in [4.78, 5) is 13.4. The van der Waals surface area contributed by atoms with Gasteiger partial charge in [-0.05, 0) is 36.4 Å². The number of hydrogen-bond acceptors (Lipinski definition) is 7. The molecule has 2 heterocycles. The summed E-state index contributed by atoms with van der Waals surface area (Å²) in [5.41, 5.74) is 1.04. The van der Waals surface area contributed by atoms with E-state index in [1.54, 1.807) is 25.3 Å². The fourth-order valence-electron chi connectivity index (χ4n) is 2.57. The summed E-state index contributed by atoms with van der Waals surface area (Å²) in [6, 6.07) is 6.86. The lowest BCUT2D eigenvalue weighted by molar-refractivity contribution is 0.102. The zero-order valence-corrected chi connectivity index (χ0v) is 15.1. The Balaban J connectivity index is 1.58. The maximum atomic E-state index is 12.7. The highest BCUT2D eigenvalue weighted by molar-refractivity contribution is 7.14. The van der Waals surface area contributed by atoms with Crippen LogP contribution in [0.3, 0.4) is 0 Å². The minimum absolute atomic E-state index is 0.286. The van der Waals surface area contributed by atoms with Crippen molar-refractivity contribution in [3.8, 4) is 22.3 Å². The molecule has 1 fully saturated rings. The number of methoxy groups -OCH3 is 2. The van der Waals surface area contributed by atoms with Crippen LogP contribution in [0, 0.1) is 0 Å². The number of anilines is 1. The Hall–Kier alpha value is -2.87. The molecule has 2 aromatic heterocycles. The van der Waals surface area contributed by atoms with E-state index in [0.29, 0.717) is 40.4 Å². The van der Waals surface area contributed by atoms with Crippen LogP contribution in [-0.4, -0.2) is 30.3 Å². The van der Waals surface area contributed by atoms with Crippen LogP contribution in [0.4, 0.5) is 5.69 Å². The second-order valence-electron chi connectivity index (χ2n) is 5.90. The molecule has 0 aliphatic heterocycles. The molecule has 0 radical (unpaired) electrons. The molecule has 0 unspecified atom stereocenters. The molecule has 0 spiro atoms. The number of carbonyl (C=O) groups excluding carboxylic acids is 1. The summed E-state index contributed by atoms with van der Waals surface area (Å²) in [7, 11) is 3.08. The SMILES string of the molecule is COc1ccc(C(=O)Nc2ccsc2-c2nnc(C3CC3)o2)c(OC)c1. The minimum atomic E-state index is -0.286. The Morgan fingerprint density at radius 1 is 1.23 bits per heavy atom. The molecule has 26 heavy (non-hydrogen) atoms. The molecule has 0 atom stereocenters. The van der Waals surface area contributed by atoms with Gasteiger partial charge in [-0.2, -0.15) is 0 Å². The molecule has 1 aliphatic rings. The normalized spacial score (nSPS) is 13.5. The van der Waals surface area contributed by atoms with Gasteiger partial charge in [0, 0.05) is 12.0 Å². The van der Waals surface area contributed by atoms with Crippen LogP contribution in [0.2, 0.25) is 0 Å². The second kappa shape index (κ2) is 6.80. The Morgan fingerprint density at radius 2 is 2.08 bits per heavy atom. The first kappa shape index (κ1) is 16.6. The van der Waals surface area contributed by atoms with E-state index in [9.17, 15) is 4.79 Å². The largest absolute Gasteiger partial charge is 0.497 e. The number of aromatic nitrogens is 2. The van der Waals surface area contributed by atoms with Crippen molar-refractivity contribution in [2.24, 2.45) is 0 Å². The lowest BCUT2D eigenvalue weighted by Gasteiger charge is -2.10. The summed E-state index contributed by atoms with van der Waals surface area (Å²) in [5, 5.41) is 13.0. The maximum Gasteiger partial charge on any atom is 0.259 e. The minimum Gasteiger partial charge on any atom is -0.497 e. The lowest BCUT2D eigenvalue weighted by atomic mass is 10.1. The van der Waals surface area contributed by atoms with E-state index in [0.717, 1.165) is 17.7 Å². The summed E-state index contributed by atoms with van der Waals surface area (Å²) in [6.07, 6.45) is 2.18. The molecule has 0 saturated heterocycles. The van der Waals surface area contributed by atoms with Gasteiger partial charge >= 0.3 is 0 Å². The molecule has 1 amide bonds. The number of rotatable bonds is 6. The third kappa shape index (κ3) is 3.15. The first-order valence-corrected chi connectivity index (χ1v) is 9.02. The highest BCUT2D eigenvalue weighted by atomic mass is 32.1. The number of nitrogens with one attached hydrogen (secondary N) is 1. The van der Waals surface area contributed by atoms with Gasteiger partial charge in [0.25, 0.3) is 11.8 Å². The first-order valence-electron chi connectivity index (χ1n) is 8.14. The molecule has 1 aromatic carbocycles. The Morgan fingerprint density at radius 3 is 2.81 bits per heavy atom. The van der Waals surface area contributed by atoms with Crippen LogP contribution in [0.1, 0.15) is 35.0 Å². The highest BCUT2D eigenvalue weighted by Gasteiger charge is 2.30. The topological polar surface area (TPSA) is 86.5 Å². The zero-order chi connectivity index (χ0) is 18.1. The Kier molecular flexibility index (Phi) is 4.34. The Bertz CT molecular complexity index is 946. The van der Waals surface area contributed by atoms with Gasteiger partial charge in [-0.3, -0.25) is 4.79 Å². The van der Waals surface area contributed by atoms with Gasteiger partial charge in [0.05, 0.1) is 25.5 Å². The second-order valence-corrected chi connectivity index (χ2v) is 6.82. The third-order valence-corrected chi connectivity index (χ3v) is 5.03. The molecule has 3 aromatic rings. The van der Waals surface area contributed by atoms with Crippen molar-refractivity contribution in [3.05, 3.63) is 41.1 Å². The number of hydrogen-bond donors (Lipinski definition) is 1. The maximum absolute atomic E-state index is 12.7. The fraction of sp³-hybridized carbons (Fsp3) is 0.278. The van der Waals surface area contributed by atoms with Crippen molar-refractivity contribution in [1.82, 2.24) is 10.2 Å². The van der Waals surface area contributed by atoms with Gasteiger partial charge < -0.3 is 19.2 Å². The predicted octanol–water partition coefficient (Wildman–Crippen LogP) is 3.95. The summed E-state index contributed by atoms with van der Waals surface area (Å²) >= 11 is 1.44. The smallest absolute Gasteiger partial charge is 0.259 e. The van der Waals surface area contributed by atoms with Gasteiger partial charge in [-0.1, -0.05) is 0 Å². The van der Waals surface area contributed by atoms with Crippen molar-refractivity contribution >= 4 is 22.9 Å². The van der Waals surface area contributed by atoms with E-state index >= 15 is 0 Å². The molecular weight excluding hydrogens is 354 g/mol. The van der Waals surface area contributed by atoms with E-state index in [1.807, 2.05) is 11.4 Å². The lowest BCUT2D eigenvalue weighted by Crippen LogP contribution is -2.13. The van der Waals surface area contributed by atoms with Crippen LogP contribution in [-0.2, 0) is 0 Å². The standard InChI is InChI=1S/C18H17N3O4S/c1-23-11-5-6-12(14(9-11)24-2)16(22)19-13-7-8-26-15(13)18-21-20-17(25-18)10-3-4-10/h5-10H,3-4H2,1-2H3,(H,19,22). The molecule has 1 saturated carbocycles. The molecular formula is C18H17N3O4S. The van der Waals surface area contributed by atoms with Crippen molar-refractivity contribution in [2.75, 3.05) is 19.5 Å². The first-order chi connectivity index (χ1) is 12.7. The Labute approximate surface area is 154 Å². The van der Waals surface area contributed by atoms with Gasteiger partial charge in [0.15, 0.2) is 0 Å². The number of nitrogens with zero attached hydrogens (tertiary/aromatic N) is 2. The zero-order valence-electron chi connectivity index (χ0n) is 14.3. The van der Waals surface area contributed by atoms with E-state index in [1.165, 1.54) is 18.4 Å². The van der Waals surface area contributed by atoms with E-state index in [4.69, 9.17) is 13.9 Å². The highest BCUT2D eigenvalue weighted by Crippen LogP contribution is 2.41. The van der Waals surface area contributed by atoms with E-state index in [2.05, 4.69) is 15.5 Å². The summed E-state index contributed by atoms with van der Waals surface area (Å²) < 4.78 is 16.2. The van der Waals surface area contributed by atoms with Gasteiger partial charge in [0.1, 0.15) is 16.4 Å². The number of benzene rings is 1. The number of amides is 1. The number of thiophene rings is 1. The van der Waals surface area contributed by atoms with Gasteiger partial charge in [-0.15, -0.1) is 21.5 Å². The van der Waals surface area contributed by atoms with E-state index in [-0.39, 0.29) is 5.91 Å². The monoisotopic (exact) mass is 371 g/mol. The average molecular weight is 371 g/mol. The van der Waals surface area contributed by atoms with Crippen LogP contribution in [0.15, 0.2) is 34.1 Å². The van der Waals surface area contributed by atoms with Gasteiger partial charge in [-0.25, -0.2) is 0 Å². The van der Waals surface area contributed by atoms with Crippen LogP contribution < -0.4 is 14.8 Å². The molecule has 8 heteroatoms. The van der Waals surface area contributed by atoms with Crippen LogP contribution in [0.25, 0.3) is 10.8 Å². The van der Waals surface area contributed by atoms with Crippen molar-refractivity contribution < 1.29 is 18.7 Å². The van der Waals surface area contributed by atoms with Crippen LogP contribution in [0.5, 0.6) is 11.5 Å². The molecule has 0 bridgehead atoms. The van der Waals surface area contributed by atoms with E-state index < -0.39 is 0 Å². The molecule has 4 rings (SSSR count). The number of carbonyl (C=O) groups is 1. The van der Waals surface area contributed by atoms with Crippen LogP contribution >= 0.6 is 11.3 Å². The molecule has 1 aliphatic carbocycles. The summed E-state index contributed by atoms with van der Waals surface area (Å²) in [6.45, 7) is 0. The average Bonchev–Trinajstić information content (AvgIpc) is 3.22. The number of ether oxygens (including phenoxy) is 2. The predicted molar refractivity (Wildman–Crippen MR) is 97.1 cm³/mol. The molecule has 134 valence electrons. The third-order valence-electron chi connectivity index (χ3n) is 4.13. The fourth-order valence-corrected chi connectivity index (χ4v) is 3.34. The van der Waals surface area contributed by atoms with Gasteiger partial charge in [0.2, 0.25) is 5.89 Å². The van der Waals surface area contributed by atoms with Crippen molar-refractivity contribution in [1.29, 1.82) is 0 Å². The molecule has 1 N–H and O–H groups in total. The quantitative estimate of drug-likeness (QED) is 0.706. The summed E-state index contributed by atoms with van der Waals surface area (Å²) in [5.74, 6) is 2.26. The van der Waals surface area contributed by atoms with Crippen molar-refractivity contribution in [3.63, 3.8) is 0 Å².